The molecule has 1 aromatic heterocycles. The van der Waals surface area contributed by atoms with E-state index < -0.39 is 0 Å². The first kappa shape index (κ1) is 16.5. The van der Waals surface area contributed by atoms with Gasteiger partial charge in [0.25, 0.3) is 0 Å². The fourth-order valence-electron chi connectivity index (χ4n) is 1.87. The summed E-state index contributed by atoms with van der Waals surface area (Å²) in [6.07, 6.45) is 0. The fourth-order valence-corrected chi connectivity index (χ4v) is 2.56. The van der Waals surface area contributed by atoms with Crippen LogP contribution in [0.2, 0.25) is 0 Å². The zero-order chi connectivity index (χ0) is 16.3. The van der Waals surface area contributed by atoms with Crippen molar-refractivity contribution < 1.29 is 4.79 Å². The number of carbonyl (C=O) groups excluding carboxylic acids is 1. The Morgan fingerprint density at radius 3 is 2.64 bits per heavy atom. The molecule has 0 radical (unpaired) electrons. The lowest BCUT2D eigenvalue weighted by molar-refractivity contribution is -0.119. The molecule has 2 aromatic rings. The molecule has 0 saturated heterocycles. The van der Waals surface area contributed by atoms with E-state index in [0.29, 0.717) is 5.16 Å². The molecule has 0 spiro atoms. The van der Waals surface area contributed by atoms with Crippen molar-refractivity contribution >= 4 is 17.7 Å². The average molecular weight is 319 g/mol. The Kier molecular flexibility index (Phi) is 4.85. The highest BCUT2D eigenvalue weighted by molar-refractivity contribution is 7.99. The second-order valence-electron chi connectivity index (χ2n) is 6.23. The Labute approximate surface area is 134 Å². The number of nitrogens with zero attached hydrogens (tertiary/aromatic N) is 4. The first-order valence-electron chi connectivity index (χ1n) is 7.06. The van der Waals surface area contributed by atoms with Crippen LogP contribution in [0.15, 0.2) is 23.4 Å². The maximum absolute atomic E-state index is 11.9. The molecule has 0 aliphatic carbocycles. The molecule has 1 heterocycles. The zero-order valence-corrected chi connectivity index (χ0v) is 14.4. The van der Waals surface area contributed by atoms with Gasteiger partial charge in [-0.05, 0) is 68.3 Å². The number of amides is 1. The molecule has 118 valence electrons. The number of hydrogen-bond acceptors (Lipinski definition) is 5. The van der Waals surface area contributed by atoms with Gasteiger partial charge >= 0.3 is 0 Å². The van der Waals surface area contributed by atoms with Crippen molar-refractivity contribution in [1.29, 1.82) is 0 Å². The van der Waals surface area contributed by atoms with E-state index in [1.165, 1.54) is 22.9 Å². The van der Waals surface area contributed by atoms with Crippen molar-refractivity contribution in [2.75, 3.05) is 5.75 Å². The van der Waals surface area contributed by atoms with Crippen molar-refractivity contribution in [1.82, 2.24) is 25.5 Å². The maximum atomic E-state index is 11.9. The molecule has 1 N–H and O–H groups in total. The average Bonchev–Trinajstić information content (AvgIpc) is 2.86. The number of tetrazole rings is 1. The van der Waals surface area contributed by atoms with E-state index in [1.54, 1.807) is 4.68 Å². The summed E-state index contributed by atoms with van der Waals surface area (Å²) in [5.41, 5.74) is 3.05. The Morgan fingerprint density at radius 2 is 2.00 bits per heavy atom. The van der Waals surface area contributed by atoms with Crippen LogP contribution in [0.5, 0.6) is 0 Å². The van der Waals surface area contributed by atoms with Crippen LogP contribution in [0.4, 0.5) is 0 Å². The Morgan fingerprint density at radius 1 is 1.27 bits per heavy atom. The third-order valence-electron chi connectivity index (χ3n) is 3.02. The molecule has 0 bridgehead atoms. The monoisotopic (exact) mass is 319 g/mol. The van der Waals surface area contributed by atoms with E-state index in [0.717, 1.165) is 5.69 Å². The molecule has 0 fully saturated rings. The van der Waals surface area contributed by atoms with Crippen molar-refractivity contribution in [3.05, 3.63) is 29.3 Å². The highest BCUT2D eigenvalue weighted by Crippen LogP contribution is 2.20. The van der Waals surface area contributed by atoms with Crippen LogP contribution in [-0.4, -0.2) is 37.4 Å². The van der Waals surface area contributed by atoms with Crippen LogP contribution in [0.1, 0.15) is 31.9 Å². The summed E-state index contributed by atoms with van der Waals surface area (Å²) in [5, 5.41) is 15.2. The summed E-state index contributed by atoms with van der Waals surface area (Å²) >= 11 is 1.32. The Bertz CT molecular complexity index is 675. The second kappa shape index (κ2) is 6.48. The summed E-state index contributed by atoms with van der Waals surface area (Å²) < 4.78 is 1.65. The lowest BCUT2D eigenvalue weighted by Crippen LogP contribution is -2.41. The molecule has 0 aliphatic rings. The summed E-state index contributed by atoms with van der Waals surface area (Å²) in [7, 11) is 0. The van der Waals surface area contributed by atoms with Crippen LogP contribution in [0.25, 0.3) is 5.69 Å². The first-order chi connectivity index (χ1) is 10.3. The largest absolute Gasteiger partial charge is 0.351 e. The van der Waals surface area contributed by atoms with Crippen LogP contribution in [0.3, 0.4) is 0 Å². The molecule has 1 aromatic carbocycles. The lowest BCUT2D eigenvalue weighted by Gasteiger charge is -2.20. The van der Waals surface area contributed by atoms with Crippen molar-refractivity contribution in [3.63, 3.8) is 0 Å². The minimum Gasteiger partial charge on any atom is -0.351 e. The highest BCUT2D eigenvalue weighted by Gasteiger charge is 2.16. The Hall–Kier alpha value is -1.89. The molecule has 6 nitrogen and oxygen atoms in total. The molecule has 0 aliphatic heterocycles. The molecule has 2 rings (SSSR count). The predicted molar refractivity (Wildman–Crippen MR) is 87.2 cm³/mol. The van der Waals surface area contributed by atoms with Crippen LogP contribution in [0, 0.1) is 13.8 Å². The van der Waals surface area contributed by atoms with Crippen molar-refractivity contribution in [2.45, 2.75) is 45.3 Å². The third kappa shape index (κ3) is 4.30. The number of benzene rings is 1. The zero-order valence-electron chi connectivity index (χ0n) is 13.5. The van der Waals surface area contributed by atoms with Crippen LogP contribution in [-0.2, 0) is 4.79 Å². The van der Waals surface area contributed by atoms with Gasteiger partial charge in [0.05, 0.1) is 11.4 Å². The molecule has 22 heavy (non-hydrogen) atoms. The van der Waals surface area contributed by atoms with E-state index >= 15 is 0 Å². The minimum atomic E-state index is -0.238. The fraction of sp³-hybridized carbons (Fsp3) is 0.467. The third-order valence-corrected chi connectivity index (χ3v) is 3.94. The molecule has 0 atom stereocenters. The number of hydrogen-bond donors (Lipinski definition) is 1. The van der Waals surface area contributed by atoms with Gasteiger partial charge in [0.15, 0.2) is 0 Å². The molecule has 0 unspecified atom stereocenters. The van der Waals surface area contributed by atoms with Crippen LogP contribution < -0.4 is 5.32 Å². The molecule has 1 amide bonds. The highest BCUT2D eigenvalue weighted by atomic mass is 32.2. The van der Waals surface area contributed by atoms with Gasteiger partial charge in [0.1, 0.15) is 0 Å². The number of aryl methyl sites for hydroxylation is 2. The summed E-state index contributed by atoms with van der Waals surface area (Å²) in [6.45, 7) is 9.97. The van der Waals surface area contributed by atoms with Crippen molar-refractivity contribution in [3.8, 4) is 5.69 Å². The van der Waals surface area contributed by atoms with Gasteiger partial charge in [-0.15, -0.1) is 5.10 Å². The van der Waals surface area contributed by atoms with Crippen molar-refractivity contribution in [2.24, 2.45) is 0 Å². The van der Waals surface area contributed by atoms with E-state index in [-0.39, 0.29) is 17.2 Å². The van der Waals surface area contributed by atoms with Gasteiger partial charge in [0.2, 0.25) is 11.1 Å². The van der Waals surface area contributed by atoms with Gasteiger partial charge in [-0.1, -0.05) is 17.8 Å². The van der Waals surface area contributed by atoms with Gasteiger partial charge in [-0.2, -0.15) is 4.68 Å². The standard InChI is InChI=1S/C15H21N5OS/c1-10-6-7-12(8-11(10)2)20-14(17-18-19-20)22-9-13(21)16-15(3,4)5/h6-8H,9H2,1-5H3,(H,16,21). The lowest BCUT2D eigenvalue weighted by atomic mass is 10.1. The van der Waals surface area contributed by atoms with E-state index in [2.05, 4.69) is 27.8 Å². The van der Waals surface area contributed by atoms with Gasteiger partial charge < -0.3 is 5.32 Å². The molecular formula is C15H21N5OS. The number of aromatic nitrogens is 4. The predicted octanol–water partition coefficient (Wildman–Crippen LogP) is 2.29. The number of carbonyl (C=O) groups is 1. The number of rotatable bonds is 4. The Balaban J connectivity index is 2.10. The normalized spacial score (nSPS) is 11.5. The van der Waals surface area contributed by atoms with Gasteiger partial charge in [0, 0.05) is 5.54 Å². The molecule has 7 heteroatoms. The van der Waals surface area contributed by atoms with E-state index in [9.17, 15) is 4.79 Å². The van der Waals surface area contributed by atoms with E-state index in [1.807, 2.05) is 45.9 Å². The van der Waals surface area contributed by atoms with E-state index in [4.69, 9.17) is 0 Å². The number of thioether (sulfide) groups is 1. The van der Waals surface area contributed by atoms with Gasteiger partial charge in [-0.3, -0.25) is 4.79 Å². The summed E-state index contributed by atoms with van der Waals surface area (Å²) in [6, 6.07) is 6.04. The smallest absolute Gasteiger partial charge is 0.230 e. The minimum absolute atomic E-state index is 0.0351. The SMILES string of the molecule is Cc1ccc(-n2nnnc2SCC(=O)NC(C)(C)C)cc1C. The topological polar surface area (TPSA) is 72.7 Å². The molecular weight excluding hydrogens is 298 g/mol. The van der Waals surface area contributed by atoms with Gasteiger partial charge in [-0.25, -0.2) is 0 Å². The number of nitrogens with one attached hydrogen (secondary N) is 1. The second-order valence-corrected chi connectivity index (χ2v) is 7.17. The maximum Gasteiger partial charge on any atom is 0.230 e. The summed E-state index contributed by atoms with van der Waals surface area (Å²) in [5.74, 6) is 0.245. The molecule has 0 saturated carbocycles. The summed E-state index contributed by atoms with van der Waals surface area (Å²) in [4.78, 5) is 11.9. The first-order valence-corrected chi connectivity index (χ1v) is 8.04. The quantitative estimate of drug-likeness (QED) is 0.875. The van der Waals surface area contributed by atoms with Crippen LogP contribution >= 0.6 is 11.8 Å².